The van der Waals surface area contributed by atoms with Crippen LogP contribution in [0.5, 0.6) is 0 Å². The van der Waals surface area contributed by atoms with E-state index in [0.29, 0.717) is 16.7 Å². The minimum absolute atomic E-state index is 0.248. The summed E-state index contributed by atoms with van der Waals surface area (Å²) in [5, 5.41) is 0.552. The van der Waals surface area contributed by atoms with Crippen molar-refractivity contribution in [2.45, 2.75) is 6.92 Å². The maximum atomic E-state index is 13.3. The standard InChI is InChI=1S/C10H9FN2/c1-6-5-9(12)13-8-4-2-3-7(11)10(6)8/h2-5H,1H3,(H2,12,13). The van der Waals surface area contributed by atoms with Gasteiger partial charge < -0.3 is 5.73 Å². The fourth-order valence-corrected chi connectivity index (χ4v) is 1.46. The Balaban J connectivity index is 2.94. The van der Waals surface area contributed by atoms with Crippen LogP contribution in [0.4, 0.5) is 10.2 Å². The second kappa shape index (κ2) is 2.69. The van der Waals surface area contributed by atoms with Crippen molar-refractivity contribution >= 4 is 16.7 Å². The van der Waals surface area contributed by atoms with Crippen LogP contribution in [0.1, 0.15) is 5.56 Å². The molecule has 1 aromatic heterocycles. The van der Waals surface area contributed by atoms with E-state index in [9.17, 15) is 4.39 Å². The number of halogens is 1. The van der Waals surface area contributed by atoms with Crippen molar-refractivity contribution < 1.29 is 4.39 Å². The van der Waals surface area contributed by atoms with Gasteiger partial charge in [-0.2, -0.15) is 0 Å². The first-order chi connectivity index (χ1) is 6.18. The zero-order valence-corrected chi connectivity index (χ0v) is 7.21. The van der Waals surface area contributed by atoms with E-state index in [2.05, 4.69) is 4.98 Å². The van der Waals surface area contributed by atoms with E-state index >= 15 is 0 Å². The Morgan fingerprint density at radius 1 is 1.38 bits per heavy atom. The number of aromatic nitrogens is 1. The summed E-state index contributed by atoms with van der Waals surface area (Å²) in [6.45, 7) is 1.82. The number of pyridine rings is 1. The summed E-state index contributed by atoms with van der Waals surface area (Å²) in [4.78, 5) is 4.04. The first kappa shape index (κ1) is 7.98. The zero-order valence-electron chi connectivity index (χ0n) is 7.21. The highest BCUT2D eigenvalue weighted by Crippen LogP contribution is 2.21. The number of aryl methyl sites for hydroxylation is 1. The fourth-order valence-electron chi connectivity index (χ4n) is 1.46. The van der Waals surface area contributed by atoms with Gasteiger partial charge in [-0.1, -0.05) is 6.07 Å². The summed E-state index contributed by atoms with van der Waals surface area (Å²) >= 11 is 0. The van der Waals surface area contributed by atoms with E-state index in [1.807, 2.05) is 6.92 Å². The van der Waals surface area contributed by atoms with Crippen molar-refractivity contribution in [1.29, 1.82) is 0 Å². The molecule has 0 aliphatic heterocycles. The number of hydrogen-bond acceptors (Lipinski definition) is 2. The van der Waals surface area contributed by atoms with Gasteiger partial charge in [-0.15, -0.1) is 0 Å². The van der Waals surface area contributed by atoms with E-state index in [4.69, 9.17) is 5.73 Å². The fraction of sp³-hybridized carbons (Fsp3) is 0.100. The molecule has 0 bridgehead atoms. The van der Waals surface area contributed by atoms with Gasteiger partial charge in [0.25, 0.3) is 0 Å². The molecule has 0 saturated carbocycles. The molecule has 0 amide bonds. The maximum absolute atomic E-state index is 13.3. The smallest absolute Gasteiger partial charge is 0.132 e. The number of benzene rings is 1. The number of nitrogen functional groups attached to an aromatic ring is 1. The topological polar surface area (TPSA) is 38.9 Å². The molecule has 66 valence electrons. The van der Waals surface area contributed by atoms with Crippen LogP contribution in [-0.4, -0.2) is 4.98 Å². The summed E-state index contributed by atoms with van der Waals surface area (Å²) < 4.78 is 13.3. The van der Waals surface area contributed by atoms with Crippen LogP contribution in [0.25, 0.3) is 10.9 Å². The molecule has 0 unspecified atom stereocenters. The Bertz CT molecular complexity index is 466. The highest BCUT2D eigenvalue weighted by Gasteiger charge is 2.04. The summed E-state index contributed by atoms with van der Waals surface area (Å²) in [6, 6.07) is 6.48. The maximum Gasteiger partial charge on any atom is 0.132 e. The first-order valence-corrected chi connectivity index (χ1v) is 4.00. The summed E-state index contributed by atoms with van der Waals surface area (Å²) in [7, 11) is 0. The highest BCUT2D eigenvalue weighted by molar-refractivity contribution is 5.84. The van der Waals surface area contributed by atoms with Crippen molar-refractivity contribution in [3.8, 4) is 0 Å². The Hall–Kier alpha value is -1.64. The quantitative estimate of drug-likeness (QED) is 0.668. The van der Waals surface area contributed by atoms with Gasteiger partial charge in [0.1, 0.15) is 11.6 Å². The average Bonchev–Trinajstić information content (AvgIpc) is 2.02. The molecule has 2 N–H and O–H groups in total. The third-order valence-corrected chi connectivity index (χ3v) is 2.00. The number of rotatable bonds is 0. The largest absolute Gasteiger partial charge is 0.384 e. The predicted molar refractivity (Wildman–Crippen MR) is 50.9 cm³/mol. The molecule has 13 heavy (non-hydrogen) atoms. The average molecular weight is 176 g/mol. The molecule has 3 heteroatoms. The zero-order chi connectivity index (χ0) is 9.42. The first-order valence-electron chi connectivity index (χ1n) is 4.00. The lowest BCUT2D eigenvalue weighted by atomic mass is 10.1. The molecular formula is C10H9FN2. The van der Waals surface area contributed by atoms with E-state index in [1.165, 1.54) is 6.07 Å². The van der Waals surface area contributed by atoms with E-state index in [-0.39, 0.29) is 5.82 Å². The highest BCUT2D eigenvalue weighted by atomic mass is 19.1. The van der Waals surface area contributed by atoms with Gasteiger partial charge in [0.05, 0.1) is 5.52 Å². The predicted octanol–water partition coefficient (Wildman–Crippen LogP) is 2.26. The van der Waals surface area contributed by atoms with E-state index in [0.717, 1.165) is 5.56 Å². The van der Waals surface area contributed by atoms with Crippen LogP contribution in [-0.2, 0) is 0 Å². The lowest BCUT2D eigenvalue weighted by Gasteiger charge is -2.03. The van der Waals surface area contributed by atoms with Crippen molar-refractivity contribution in [1.82, 2.24) is 4.98 Å². The van der Waals surface area contributed by atoms with Gasteiger partial charge >= 0.3 is 0 Å². The van der Waals surface area contributed by atoms with Crippen LogP contribution in [0.2, 0.25) is 0 Å². The van der Waals surface area contributed by atoms with Crippen molar-refractivity contribution in [2.75, 3.05) is 5.73 Å². The summed E-state index contributed by atoms with van der Waals surface area (Å²) in [5.74, 6) is 0.179. The summed E-state index contributed by atoms with van der Waals surface area (Å²) in [5.41, 5.74) is 6.97. The van der Waals surface area contributed by atoms with Crippen LogP contribution in [0.3, 0.4) is 0 Å². The van der Waals surface area contributed by atoms with Gasteiger partial charge in [-0.3, -0.25) is 0 Å². The van der Waals surface area contributed by atoms with Crippen molar-refractivity contribution in [3.05, 3.63) is 35.6 Å². The third kappa shape index (κ3) is 1.22. The minimum Gasteiger partial charge on any atom is -0.384 e. The van der Waals surface area contributed by atoms with Crippen LogP contribution >= 0.6 is 0 Å². The number of hydrogen-bond donors (Lipinski definition) is 1. The van der Waals surface area contributed by atoms with Crippen LogP contribution in [0, 0.1) is 12.7 Å². The molecule has 0 radical (unpaired) electrons. The second-order valence-electron chi connectivity index (χ2n) is 3.00. The molecule has 2 rings (SSSR count). The van der Waals surface area contributed by atoms with Crippen molar-refractivity contribution in [3.63, 3.8) is 0 Å². The molecule has 0 saturated heterocycles. The molecular weight excluding hydrogens is 167 g/mol. The molecule has 0 aliphatic rings. The molecule has 1 heterocycles. The Labute approximate surface area is 75.2 Å². The Morgan fingerprint density at radius 3 is 2.92 bits per heavy atom. The van der Waals surface area contributed by atoms with E-state index in [1.54, 1.807) is 18.2 Å². The van der Waals surface area contributed by atoms with Gasteiger partial charge in [0.15, 0.2) is 0 Å². The molecule has 0 atom stereocenters. The minimum atomic E-state index is -0.248. The lowest BCUT2D eigenvalue weighted by molar-refractivity contribution is 0.639. The SMILES string of the molecule is Cc1cc(N)nc2cccc(F)c12. The van der Waals surface area contributed by atoms with Gasteiger partial charge in [0, 0.05) is 5.39 Å². The van der Waals surface area contributed by atoms with Crippen molar-refractivity contribution in [2.24, 2.45) is 0 Å². The number of nitrogens with zero attached hydrogens (tertiary/aromatic N) is 1. The monoisotopic (exact) mass is 176 g/mol. The van der Waals surface area contributed by atoms with Crippen LogP contribution in [0.15, 0.2) is 24.3 Å². The lowest BCUT2D eigenvalue weighted by Crippen LogP contribution is -1.93. The van der Waals surface area contributed by atoms with Gasteiger partial charge in [-0.25, -0.2) is 9.37 Å². The molecule has 2 aromatic rings. The molecule has 2 nitrogen and oxygen atoms in total. The van der Waals surface area contributed by atoms with E-state index < -0.39 is 0 Å². The van der Waals surface area contributed by atoms with Gasteiger partial charge in [0.2, 0.25) is 0 Å². The Kier molecular flexibility index (Phi) is 1.65. The number of nitrogens with two attached hydrogens (primary N) is 1. The summed E-state index contributed by atoms with van der Waals surface area (Å²) in [6.07, 6.45) is 0. The Morgan fingerprint density at radius 2 is 2.15 bits per heavy atom. The van der Waals surface area contributed by atoms with Crippen LogP contribution < -0.4 is 5.73 Å². The number of anilines is 1. The molecule has 0 fully saturated rings. The second-order valence-corrected chi connectivity index (χ2v) is 3.00. The molecule has 0 aliphatic carbocycles. The van der Waals surface area contributed by atoms with Gasteiger partial charge in [-0.05, 0) is 30.7 Å². The molecule has 0 spiro atoms. The number of fused-ring (bicyclic) bond motifs is 1. The third-order valence-electron chi connectivity index (χ3n) is 2.00. The molecule has 1 aromatic carbocycles. The normalized spacial score (nSPS) is 10.6.